The maximum absolute atomic E-state index is 13.0. The third kappa shape index (κ3) is 4.98. The van der Waals surface area contributed by atoms with Crippen LogP contribution in [0.15, 0.2) is 42.5 Å². The first kappa shape index (κ1) is 20.1. The predicted octanol–water partition coefficient (Wildman–Crippen LogP) is 3.09. The Morgan fingerprint density at radius 1 is 0.964 bits per heavy atom. The van der Waals surface area contributed by atoms with Crippen LogP contribution in [0.1, 0.15) is 16.8 Å². The van der Waals surface area contributed by atoms with Crippen molar-refractivity contribution in [3.05, 3.63) is 64.7 Å². The molecular weight excluding hydrogens is 388 g/mol. The molecule has 8 heteroatoms. The SMILES string of the molecule is O=C(NCCC(=O)N1CCN(c2ccc(F)cc2)CC1)c1ccc(F)cc1Cl. The van der Waals surface area contributed by atoms with E-state index in [4.69, 9.17) is 11.6 Å². The second kappa shape index (κ2) is 9.01. The predicted molar refractivity (Wildman–Crippen MR) is 104 cm³/mol. The van der Waals surface area contributed by atoms with E-state index in [2.05, 4.69) is 10.2 Å². The number of benzene rings is 2. The number of rotatable bonds is 5. The Bertz CT molecular complexity index is 853. The Morgan fingerprint density at radius 2 is 1.61 bits per heavy atom. The average Bonchev–Trinajstić information content (AvgIpc) is 2.68. The Balaban J connectivity index is 1.43. The van der Waals surface area contributed by atoms with Crippen molar-refractivity contribution in [2.75, 3.05) is 37.6 Å². The zero-order valence-electron chi connectivity index (χ0n) is 15.1. The van der Waals surface area contributed by atoms with Crippen molar-refractivity contribution in [1.29, 1.82) is 0 Å². The molecule has 2 aromatic carbocycles. The van der Waals surface area contributed by atoms with Gasteiger partial charge < -0.3 is 15.1 Å². The first-order valence-electron chi connectivity index (χ1n) is 8.95. The summed E-state index contributed by atoms with van der Waals surface area (Å²) in [6.07, 6.45) is 0.168. The lowest BCUT2D eigenvalue weighted by Gasteiger charge is -2.36. The maximum Gasteiger partial charge on any atom is 0.252 e. The minimum absolute atomic E-state index is 0.0285. The van der Waals surface area contributed by atoms with Gasteiger partial charge >= 0.3 is 0 Å². The number of amides is 2. The minimum Gasteiger partial charge on any atom is -0.368 e. The lowest BCUT2D eigenvalue weighted by molar-refractivity contribution is -0.131. The number of nitrogens with one attached hydrogen (secondary N) is 1. The van der Waals surface area contributed by atoms with Crippen LogP contribution in [0, 0.1) is 11.6 Å². The standard InChI is InChI=1S/C20H20ClF2N3O2/c21-18-13-15(23)3-6-17(18)20(28)24-8-7-19(27)26-11-9-25(10-12-26)16-4-1-14(22)2-5-16/h1-6,13H,7-12H2,(H,24,28). The molecule has 1 saturated heterocycles. The van der Waals surface area contributed by atoms with Crippen LogP contribution in [0.2, 0.25) is 5.02 Å². The molecule has 3 rings (SSSR count). The summed E-state index contributed by atoms with van der Waals surface area (Å²) in [6.45, 7) is 2.62. The third-order valence-electron chi connectivity index (χ3n) is 4.62. The van der Waals surface area contributed by atoms with Gasteiger partial charge in [-0.05, 0) is 42.5 Å². The molecule has 148 valence electrons. The summed E-state index contributed by atoms with van der Waals surface area (Å²) in [5, 5.41) is 2.66. The van der Waals surface area contributed by atoms with Crippen molar-refractivity contribution < 1.29 is 18.4 Å². The molecule has 0 spiro atoms. The molecule has 1 aliphatic rings. The van der Waals surface area contributed by atoms with Gasteiger partial charge in [0.05, 0.1) is 10.6 Å². The van der Waals surface area contributed by atoms with Crippen molar-refractivity contribution in [3.8, 4) is 0 Å². The molecule has 2 aromatic rings. The van der Waals surface area contributed by atoms with E-state index in [-0.39, 0.29) is 35.3 Å². The molecule has 5 nitrogen and oxygen atoms in total. The number of nitrogens with zero attached hydrogens (tertiary/aromatic N) is 2. The van der Waals surface area contributed by atoms with E-state index in [9.17, 15) is 18.4 Å². The molecule has 0 bridgehead atoms. The molecule has 0 radical (unpaired) electrons. The van der Waals surface area contributed by atoms with Gasteiger partial charge in [0.2, 0.25) is 5.91 Å². The summed E-state index contributed by atoms with van der Waals surface area (Å²) in [5.41, 5.74) is 1.10. The van der Waals surface area contributed by atoms with Crippen molar-refractivity contribution >= 4 is 29.1 Å². The summed E-state index contributed by atoms with van der Waals surface area (Å²) in [4.78, 5) is 28.3. The van der Waals surface area contributed by atoms with E-state index in [1.54, 1.807) is 17.0 Å². The molecule has 0 aromatic heterocycles. The van der Waals surface area contributed by atoms with E-state index in [1.165, 1.54) is 18.2 Å². The zero-order valence-corrected chi connectivity index (χ0v) is 15.9. The van der Waals surface area contributed by atoms with Crippen LogP contribution < -0.4 is 10.2 Å². The monoisotopic (exact) mass is 407 g/mol. The number of carbonyl (C=O) groups excluding carboxylic acids is 2. The Morgan fingerprint density at radius 3 is 2.25 bits per heavy atom. The first-order chi connectivity index (χ1) is 13.4. The number of halogens is 3. The van der Waals surface area contributed by atoms with Crippen LogP contribution in [-0.4, -0.2) is 49.4 Å². The molecule has 1 heterocycles. The molecule has 0 unspecified atom stereocenters. The fraction of sp³-hybridized carbons (Fsp3) is 0.300. The highest BCUT2D eigenvalue weighted by atomic mass is 35.5. The summed E-state index contributed by atoms with van der Waals surface area (Å²) in [5.74, 6) is -1.29. The summed E-state index contributed by atoms with van der Waals surface area (Å²) in [6, 6.07) is 9.83. The quantitative estimate of drug-likeness (QED) is 0.828. The van der Waals surface area contributed by atoms with Gasteiger partial charge in [0.25, 0.3) is 5.91 Å². The third-order valence-corrected chi connectivity index (χ3v) is 4.94. The van der Waals surface area contributed by atoms with Crippen LogP contribution in [0.25, 0.3) is 0 Å². The van der Waals surface area contributed by atoms with Gasteiger partial charge in [-0.1, -0.05) is 11.6 Å². The van der Waals surface area contributed by atoms with Gasteiger partial charge in [0.1, 0.15) is 11.6 Å². The normalized spacial score (nSPS) is 14.1. The van der Waals surface area contributed by atoms with Gasteiger partial charge in [0.15, 0.2) is 0 Å². The molecule has 2 amide bonds. The fourth-order valence-electron chi connectivity index (χ4n) is 3.08. The van der Waals surface area contributed by atoms with Crippen LogP contribution in [0.3, 0.4) is 0 Å². The number of piperazine rings is 1. The van der Waals surface area contributed by atoms with Gasteiger partial charge in [-0.2, -0.15) is 0 Å². The van der Waals surface area contributed by atoms with E-state index in [0.717, 1.165) is 17.8 Å². The largest absolute Gasteiger partial charge is 0.368 e. The van der Waals surface area contributed by atoms with Crippen LogP contribution in [0.5, 0.6) is 0 Å². The number of carbonyl (C=O) groups is 2. The molecule has 1 fully saturated rings. The van der Waals surface area contributed by atoms with E-state index in [1.807, 2.05) is 0 Å². The molecule has 28 heavy (non-hydrogen) atoms. The van der Waals surface area contributed by atoms with Crippen molar-refractivity contribution in [2.24, 2.45) is 0 Å². The van der Waals surface area contributed by atoms with Crippen molar-refractivity contribution in [1.82, 2.24) is 10.2 Å². The Kier molecular flexibility index (Phi) is 6.46. The summed E-state index contributed by atoms with van der Waals surface area (Å²) >= 11 is 5.86. The number of hydrogen-bond acceptors (Lipinski definition) is 3. The minimum atomic E-state index is -0.517. The molecule has 0 aliphatic carbocycles. The van der Waals surface area contributed by atoms with Crippen LogP contribution >= 0.6 is 11.6 Å². The second-order valence-electron chi connectivity index (χ2n) is 6.47. The summed E-state index contributed by atoms with van der Waals surface area (Å²) in [7, 11) is 0. The summed E-state index contributed by atoms with van der Waals surface area (Å²) < 4.78 is 26.1. The van der Waals surface area contributed by atoms with E-state index in [0.29, 0.717) is 26.2 Å². The Labute approximate surface area is 166 Å². The van der Waals surface area contributed by atoms with Crippen molar-refractivity contribution in [2.45, 2.75) is 6.42 Å². The lowest BCUT2D eigenvalue weighted by atomic mass is 10.2. The zero-order chi connectivity index (χ0) is 20.1. The fourth-order valence-corrected chi connectivity index (χ4v) is 3.33. The number of anilines is 1. The number of hydrogen-bond donors (Lipinski definition) is 1. The lowest BCUT2D eigenvalue weighted by Crippen LogP contribution is -2.49. The topological polar surface area (TPSA) is 52.7 Å². The Hall–Kier alpha value is -2.67. The molecule has 1 aliphatic heterocycles. The first-order valence-corrected chi connectivity index (χ1v) is 9.33. The van der Waals surface area contributed by atoms with Gasteiger partial charge in [-0.3, -0.25) is 9.59 Å². The van der Waals surface area contributed by atoms with Crippen molar-refractivity contribution in [3.63, 3.8) is 0 Å². The molecular formula is C20H20ClF2N3O2. The van der Waals surface area contributed by atoms with Crippen LogP contribution in [0.4, 0.5) is 14.5 Å². The highest BCUT2D eigenvalue weighted by Gasteiger charge is 2.21. The molecule has 0 saturated carbocycles. The van der Waals surface area contributed by atoms with Gasteiger partial charge in [0, 0.05) is 44.8 Å². The second-order valence-corrected chi connectivity index (χ2v) is 6.88. The van der Waals surface area contributed by atoms with Crippen LogP contribution in [-0.2, 0) is 4.79 Å². The highest BCUT2D eigenvalue weighted by molar-refractivity contribution is 6.33. The van der Waals surface area contributed by atoms with E-state index >= 15 is 0 Å². The smallest absolute Gasteiger partial charge is 0.252 e. The van der Waals surface area contributed by atoms with Gasteiger partial charge in [-0.25, -0.2) is 8.78 Å². The van der Waals surface area contributed by atoms with E-state index < -0.39 is 11.7 Å². The molecule has 0 atom stereocenters. The maximum atomic E-state index is 13.0. The highest BCUT2D eigenvalue weighted by Crippen LogP contribution is 2.18. The molecule has 1 N–H and O–H groups in total. The van der Waals surface area contributed by atoms with Gasteiger partial charge in [-0.15, -0.1) is 0 Å². The average molecular weight is 408 g/mol.